The van der Waals surface area contributed by atoms with E-state index in [9.17, 15) is 18.7 Å². The van der Waals surface area contributed by atoms with Crippen LogP contribution in [0.25, 0.3) is 10.6 Å². The smallest absolute Gasteiger partial charge is 0.263 e. The van der Waals surface area contributed by atoms with Gasteiger partial charge in [0.1, 0.15) is 9.88 Å². The maximum atomic E-state index is 13.2. The fourth-order valence-corrected chi connectivity index (χ4v) is 2.70. The third kappa shape index (κ3) is 4.08. The van der Waals surface area contributed by atoms with Gasteiger partial charge in [-0.05, 0) is 24.6 Å². The Balaban J connectivity index is 2.04. The molecule has 4 nitrogen and oxygen atoms in total. The van der Waals surface area contributed by atoms with E-state index in [1.165, 1.54) is 12.3 Å². The molecule has 0 spiro atoms. The van der Waals surface area contributed by atoms with Crippen molar-refractivity contribution in [1.29, 1.82) is 0 Å². The Morgan fingerprint density at radius 2 is 2.18 bits per heavy atom. The van der Waals surface area contributed by atoms with Crippen LogP contribution >= 0.6 is 11.3 Å². The first-order valence-corrected chi connectivity index (χ1v) is 7.70. The average Bonchev–Trinajstić information content (AvgIpc) is 2.98. The van der Waals surface area contributed by atoms with E-state index in [-0.39, 0.29) is 12.5 Å². The third-order valence-corrected chi connectivity index (χ3v) is 4.06. The van der Waals surface area contributed by atoms with Gasteiger partial charge in [0.05, 0.1) is 12.3 Å². The number of nitrogens with one attached hydrogen (secondary N) is 1. The number of aliphatic hydroxyl groups is 1. The van der Waals surface area contributed by atoms with Crippen LogP contribution < -0.4 is 5.32 Å². The SMILES string of the molecule is CCCC(O)CNC(=O)c1cnc(-c2ccc(F)c(F)c2)s1. The van der Waals surface area contributed by atoms with Gasteiger partial charge >= 0.3 is 0 Å². The maximum absolute atomic E-state index is 13.2. The van der Waals surface area contributed by atoms with Crippen molar-refractivity contribution in [3.05, 3.63) is 40.9 Å². The largest absolute Gasteiger partial charge is 0.391 e. The van der Waals surface area contributed by atoms with Gasteiger partial charge in [-0.15, -0.1) is 11.3 Å². The summed E-state index contributed by atoms with van der Waals surface area (Å²) in [5.41, 5.74) is 0.411. The highest BCUT2D eigenvalue weighted by Crippen LogP contribution is 2.26. The lowest BCUT2D eigenvalue weighted by atomic mass is 10.2. The van der Waals surface area contributed by atoms with Crippen LogP contribution in [0.3, 0.4) is 0 Å². The van der Waals surface area contributed by atoms with Crippen LogP contribution in [0, 0.1) is 11.6 Å². The fourth-order valence-electron chi connectivity index (χ4n) is 1.87. The summed E-state index contributed by atoms with van der Waals surface area (Å²) in [6, 6.07) is 3.47. The first-order chi connectivity index (χ1) is 10.5. The molecule has 0 fully saturated rings. The monoisotopic (exact) mass is 326 g/mol. The maximum Gasteiger partial charge on any atom is 0.263 e. The Kier molecular flexibility index (Phi) is 5.57. The molecule has 2 aromatic rings. The van der Waals surface area contributed by atoms with E-state index >= 15 is 0 Å². The van der Waals surface area contributed by atoms with Crippen LogP contribution in [0.4, 0.5) is 8.78 Å². The summed E-state index contributed by atoms with van der Waals surface area (Å²) in [4.78, 5) is 16.3. The number of aromatic nitrogens is 1. The molecule has 0 aliphatic carbocycles. The van der Waals surface area contributed by atoms with Crippen LogP contribution in [-0.4, -0.2) is 28.6 Å². The first kappa shape index (κ1) is 16.5. The molecular formula is C15H16F2N2O2S. The summed E-state index contributed by atoms with van der Waals surface area (Å²) in [5.74, 6) is -2.23. The zero-order valence-corrected chi connectivity index (χ0v) is 12.8. The predicted octanol–water partition coefficient (Wildman–Crippen LogP) is 2.98. The minimum absolute atomic E-state index is 0.172. The molecule has 0 aliphatic heterocycles. The van der Waals surface area contributed by atoms with Crippen molar-refractivity contribution >= 4 is 17.2 Å². The minimum atomic E-state index is -0.957. The molecule has 1 unspecified atom stereocenters. The molecule has 1 atom stereocenters. The number of halogens is 2. The Bertz CT molecular complexity index is 661. The second-order valence-electron chi connectivity index (χ2n) is 4.81. The van der Waals surface area contributed by atoms with Gasteiger partial charge in [0.25, 0.3) is 5.91 Å². The van der Waals surface area contributed by atoms with Gasteiger partial charge in [-0.2, -0.15) is 0 Å². The molecule has 1 heterocycles. The van der Waals surface area contributed by atoms with Crippen LogP contribution in [0.15, 0.2) is 24.4 Å². The van der Waals surface area contributed by atoms with E-state index in [0.29, 0.717) is 21.9 Å². The van der Waals surface area contributed by atoms with Gasteiger partial charge < -0.3 is 10.4 Å². The van der Waals surface area contributed by atoms with E-state index in [4.69, 9.17) is 0 Å². The summed E-state index contributed by atoms with van der Waals surface area (Å²) in [6.07, 6.45) is 2.25. The molecule has 22 heavy (non-hydrogen) atoms. The van der Waals surface area contributed by atoms with Gasteiger partial charge in [-0.1, -0.05) is 13.3 Å². The molecule has 0 saturated heterocycles. The normalized spacial score (nSPS) is 12.2. The number of thiazole rings is 1. The second-order valence-corrected chi connectivity index (χ2v) is 5.84. The number of benzene rings is 1. The Morgan fingerprint density at radius 3 is 2.86 bits per heavy atom. The summed E-state index contributed by atoms with van der Waals surface area (Å²) in [5, 5.41) is 12.6. The van der Waals surface area contributed by atoms with Crippen molar-refractivity contribution in [2.75, 3.05) is 6.54 Å². The second kappa shape index (κ2) is 7.42. The van der Waals surface area contributed by atoms with Crippen molar-refractivity contribution < 1.29 is 18.7 Å². The third-order valence-electron chi connectivity index (χ3n) is 3.02. The lowest BCUT2D eigenvalue weighted by molar-refractivity contribution is 0.0914. The van der Waals surface area contributed by atoms with Crippen molar-refractivity contribution in [2.45, 2.75) is 25.9 Å². The topological polar surface area (TPSA) is 62.2 Å². The molecule has 1 aromatic heterocycles. The van der Waals surface area contributed by atoms with Crippen LogP contribution in [-0.2, 0) is 0 Å². The molecule has 7 heteroatoms. The number of rotatable bonds is 6. The van der Waals surface area contributed by atoms with Crippen molar-refractivity contribution in [3.8, 4) is 10.6 Å². The molecule has 1 aromatic carbocycles. The zero-order chi connectivity index (χ0) is 16.1. The molecule has 0 radical (unpaired) electrons. The summed E-state index contributed by atoms with van der Waals surface area (Å²) in [7, 11) is 0. The predicted molar refractivity (Wildman–Crippen MR) is 80.7 cm³/mol. The first-order valence-electron chi connectivity index (χ1n) is 6.88. The van der Waals surface area contributed by atoms with Crippen molar-refractivity contribution in [1.82, 2.24) is 10.3 Å². The fraction of sp³-hybridized carbons (Fsp3) is 0.333. The molecule has 0 aliphatic rings. The van der Waals surface area contributed by atoms with Crippen LogP contribution in [0.2, 0.25) is 0 Å². The van der Waals surface area contributed by atoms with Gasteiger partial charge in [-0.3, -0.25) is 4.79 Å². The highest BCUT2D eigenvalue weighted by Gasteiger charge is 2.14. The van der Waals surface area contributed by atoms with E-state index < -0.39 is 17.7 Å². The Morgan fingerprint density at radius 1 is 1.41 bits per heavy atom. The van der Waals surface area contributed by atoms with Gasteiger partial charge in [0.2, 0.25) is 0 Å². The lowest BCUT2D eigenvalue weighted by Crippen LogP contribution is -2.31. The van der Waals surface area contributed by atoms with Crippen LogP contribution in [0.5, 0.6) is 0 Å². The molecule has 1 amide bonds. The highest BCUT2D eigenvalue weighted by molar-refractivity contribution is 7.16. The van der Waals surface area contributed by atoms with E-state index in [1.54, 1.807) is 0 Å². The van der Waals surface area contributed by atoms with Gasteiger partial charge in [-0.25, -0.2) is 13.8 Å². The summed E-state index contributed by atoms with van der Waals surface area (Å²) >= 11 is 1.08. The summed E-state index contributed by atoms with van der Waals surface area (Å²) in [6.45, 7) is 2.12. The van der Waals surface area contributed by atoms with E-state index in [0.717, 1.165) is 29.9 Å². The Labute approximate surface area is 130 Å². The standard InChI is InChI=1S/C15H16F2N2O2S/c1-2-3-10(20)7-18-14(21)13-8-19-15(22-13)9-4-5-11(16)12(17)6-9/h4-6,8,10,20H,2-3,7H2,1H3,(H,18,21). The number of carbonyl (C=O) groups excluding carboxylic acids is 1. The summed E-state index contributed by atoms with van der Waals surface area (Å²) < 4.78 is 26.1. The number of hydrogen-bond acceptors (Lipinski definition) is 4. The molecule has 118 valence electrons. The Hall–Kier alpha value is -1.86. The molecule has 2 rings (SSSR count). The minimum Gasteiger partial charge on any atom is -0.391 e. The molecular weight excluding hydrogens is 310 g/mol. The number of amides is 1. The van der Waals surface area contributed by atoms with Crippen molar-refractivity contribution in [2.24, 2.45) is 0 Å². The van der Waals surface area contributed by atoms with Gasteiger partial charge in [0, 0.05) is 12.1 Å². The van der Waals surface area contributed by atoms with Gasteiger partial charge in [0.15, 0.2) is 11.6 Å². The molecule has 0 saturated carbocycles. The average molecular weight is 326 g/mol. The van der Waals surface area contributed by atoms with Crippen LogP contribution in [0.1, 0.15) is 29.4 Å². The van der Waals surface area contributed by atoms with E-state index in [2.05, 4.69) is 10.3 Å². The number of nitrogens with zero attached hydrogens (tertiary/aromatic N) is 1. The highest BCUT2D eigenvalue weighted by atomic mass is 32.1. The number of carbonyl (C=O) groups is 1. The molecule has 2 N–H and O–H groups in total. The number of hydrogen-bond donors (Lipinski definition) is 2. The zero-order valence-electron chi connectivity index (χ0n) is 12.0. The number of aliphatic hydroxyl groups excluding tert-OH is 1. The molecule has 0 bridgehead atoms. The lowest BCUT2D eigenvalue weighted by Gasteiger charge is -2.09. The van der Waals surface area contributed by atoms with Crippen molar-refractivity contribution in [3.63, 3.8) is 0 Å². The van der Waals surface area contributed by atoms with E-state index in [1.807, 2.05) is 6.92 Å². The quantitative estimate of drug-likeness (QED) is 0.858.